The maximum absolute atomic E-state index is 4.85. The fraction of sp³-hybridized carbons (Fsp3) is 0.529. The van der Waals surface area contributed by atoms with Gasteiger partial charge >= 0.3 is 0 Å². The second-order valence-corrected chi connectivity index (χ2v) is 8.35. The Morgan fingerprint density at radius 1 is 1.00 bits per heavy atom. The van der Waals surface area contributed by atoms with E-state index in [1.807, 2.05) is 0 Å². The Hall–Kier alpha value is -1.80. The number of piperazine rings is 1. The van der Waals surface area contributed by atoms with Crippen molar-refractivity contribution in [3.63, 3.8) is 0 Å². The van der Waals surface area contributed by atoms with Crippen LogP contribution in [-0.2, 0) is 0 Å². The fourth-order valence-electron chi connectivity index (χ4n) is 3.84. The molecule has 130 valence electrons. The van der Waals surface area contributed by atoms with Crippen LogP contribution in [0.2, 0.25) is 0 Å². The van der Waals surface area contributed by atoms with Gasteiger partial charge in [0.05, 0.1) is 5.39 Å². The Labute approximate surface area is 154 Å². The third-order valence-corrected chi connectivity index (χ3v) is 6.85. The number of anilines is 2. The van der Waals surface area contributed by atoms with Crippen LogP contribution in [0.3, 0.4) is 0 Å². The molecule has 4 heterocycles. The standard InChI is InChI=1S/C17H20N6S2/c1-2-4-12(3-1)14-20-17(25-21-14)23-8-6-22(7-9-23)15-13-5-10-24-16(13)19-11-18-15/h5,10-12H,1-4,6-9H2. The molecular formula is C17H20N6S2. The summed E-state index contributed by atoms with van der Waals surface area (Å²) in [6.45, 7) is 3.85. The minimum atomic E-state index is 0.596. The molecule has 0 unspecified atom stereocenters. The Morgan fingerprint density at radius 3 is 2.64 bits per heavy atom. The highest BCUT2D eigenvalue weighted by Gasteiger charge is 2.25. The monoisotopic (exact) mass is 372 g/mol. The van der Waals surface area contributed by atoms with Gasteiger partial charge < -0.3 is 9.80 Å². The number of fused-ring (bicyclic) bond motifs is 1. The molecule has 2 fully saturated rings. The molecule has 5 rings (SSSR count). The highest BCUT2D eigenvalue weighted by molar-refractivity contribution is 7.16. The maximum atomic E-state index is 4.85. The molecule has 0 radical (unpaired) electrons. The first-order valence-corrected chi connectivity index (χ1v) is 10.6. The summed E-state index contributed by atoms with van der Waals surface area (Å²) in [5.74, 6) is 2.74. The molecule has 0 spiro atoms. The van der Waals surface area contributed by atoms with E-state index in [1.165, 1.54) is 31.1 Å². The molecule has 0 N–H and O–H groups in total. The zero-order valence-corrected chi connectivity index (χ0v) is 15.6. The highest BCUT2D eigenvalue weighted by atomic mass is 32.1. The van der Waals surface area contributed by atoms with Gasteiger partial charge in [0.25, 0.3) is 0 Å². The highest BCUT2D eigenvalue weighted by Crippen LogP contribution is 2.34. The van der Waals surface area contributed by atoms with E-state index in [1.54, 1.807) is 29.2 Å². The van der Waals surface area contributed by atoms with Gasteiger partial charge in [-0.1, -0.05) is 12.8 Å². The van der Waals surface area contributed by atoms with E-state index in [-0.39, 0.29) is 0 Å². The molecular weight excluding hydrogens is 352 g/mol. The maximum Gasteiger partial charge on any atom is 0.205 e. The van der Waals surface area contributed by atoms with Gasteiger partial charge in [0.1, 0.15) is 22.8 Å². The second kappa shape index (κ2) is 6.49. The van der Waals surface area contributed by atoms with Crippen LogP contribution in [0.5, 0.6) is 0 Å². The van der Waals surface area contributed by atoms with Crippen molar-refractivity contribution in [1.29, 1.82) is 0 Å². The Bertz CT molecular complexity index is 861. The first-order chi connectivity index (χ1) is 12.4. The van der Waals surface area contributed by atoms with E-state index in [9.17, 15) is 0 Å². The SMILES string of the molecule is c1nc(N2CCN(c3nc(C4CCCC4)ns3)CC2)c2ccsc2n1. The van der Waals surface area contributed by atoms with E-state index in [4.69, 9.17) is 4.98 Å². The number of aromatic nitrogens is 4. The van der Waals surface area contributed by atoms with Gasteiger partial charge in [0.2, 0.25) is 5.13 Å². The number of rotatable bonds is 3. The van der Waals surface area contributed by atoms with Crippen molar-refractivity contribution in [2.24, 2.45) is 0 Å². The molecule has 6 nitrogen and oxygen atoms in total. The smallest absolute Gasteiger partial charge is 0.205 e. The van der Waals surface area contributed by atoms with Crippen LogP contribution in [0.4, 0.5) is 10.9 Å². The van der Waals surface area contributed by atoms with Gasteiger partial charge in [-0.2, -0.15) is 4.37 Å². The molecule has 0 atom stereocenters. The lowest BCUT2D eigenvalue weighted by Crippen LogP contribution is -2.46. The number of thiophene rings is 1. The average Bonchev–Trinajstić information content (AvgIpc) is 3.42. The van der Waals surface area contributed by atoms with Gasteiger partial charge in [-0.15, -0.1) is 11.3 Å². The molecule has 0 amide bonds. The third-order valence-electron chi connectivity index (χ3n) is 5.24. The molecule has 1 aliphatic heterocycles. The lowest BCUT2D eigenvalue weighted by Gasteiger charge is -2.35. The Kier molecular flexibility index (Phi) is 4.01. The third kappa shape index (κ3) is 2.87. The molecule has 1 saturated carbocycles. The molecule has 1 aliphatic carbocycles. The minimum Gasteiger partial charge on any atom is -0.352 e. The predicted octanol–water partition coefficient (Wildman–Crippen LogP) is 3.53. The van der Waals surface area contributed by atoms with Crippen molar-refractivity contribution in [2.75, 3.05) is 36.0 Å². The van der Waals surface area contributed by atoms with Crippen molar-refractivity contribution < 1.29 is 0 Å². The van der Waals surface area contributed by atoms with Crippen LogP contribution in [-0.4, -0.2) is 45.5 Å². The van der Waals surface area contributed by atoms with Crippen molar-refractivity contribution in [3.8, 4) is 0 Å². The zero-order valence-electron chi connectivity index (χ0n) is 14.0. The van der Waals surface area contributed by atoms with E-state index in [0.717, 1.165) is 47.8 Å². The van der Waals surface area contributed by atoms with E-state index in [0.29, 0.717) is 5.92 Å². The molecule has 8 heteroatoms. The summed E-state index contributed by atoms with van der Waals surface area (Å²) in [6.07, 6.45) is 6.85. The van der Waals surface area contributed by atoms with Gasteiger partial charge in [0, 0.05) is 43.6 Å². The largest absolute Gasteiger partial charge is 0.352 e. The lowest BCUT2D eigenvalue weighted by atomic mass is 10.1. The summed E-state index contributed by atoms with van der Waals surface area (Å²) in [5.41, 5.74) is 0. The van der Waals surface area contributed by atoms with Crippen molar-refractivity contribution in [3.05, 3.63) is 23.6 Å². The second-order valence-electron chi connectivity index (χ2n) is 6.73. The van der Waals surface area contributed by atoms with Crippen molar-refractivity contribution in [1.82, 2.24) is 19.3 Å². The summed E-state index contributed by atoms with van der Waals surface area (Å²) in [6, 6.07) is 2.13. The topological polar surface area (TPSA) is 58.0 Å². The average molecular weight is 373 g/mol. The number of hydrogen-bond donors (Lipinski definition) is 0. The molecule has 1 saturated heterocycles. The van der Waals surface area contributed by atoms with Crippen LogP contribution in [0.25, 0.3) is 10.2 Å². The minimum absolute atomic E-state index is 0.596. The van der Waals surface area contributed by atoms with Crippen molar-refractivity contribution in [2.45, 2.75) is 31.6 Å². The summed E-state index contributed by atoms with van der Waals surface area (Å²) < 4.78 is 4.64. The fourth-order valence-corrected chi connectivity index (χ4v) is 5.37. The van der Waals surface area contributed by atoms with Crippen LogP contribution in [0.1, 0.15) is 37.4 Å². The lowest BCUT2D eigenvalue weighted by molar-refractivity contribution is 0.640. The van der Waals surface area contributed by atoms with Gasteiger partial charge in [0.15, 0.2) is 0 Å². The first-order valence-electron chi connectivity index (χ1n) is 8.90. The molecule has 3 aromatic rings. The van der Waals surface area contributed by atoms with Crippen LogP contribution in [0, 0.1) is 0 Å². The van der Waals surface area contributed by atoms with Gasteiger partial charge in [-0.05, 0) is 24.3 Å². The zero-order chi connectivity index (χ0) is 16.6. The number of hydrogen-bond acceptors (Lipinski definition) is 8. The van der Waals surface area contributed by atoms with E-state index in [2.05, 4.69) is 35.6 Å². The first kappa shape index (κ1) is 15.5. The quantitative estimate of drug-likeness (QED) is 0.701. The Balaban J connectivity index is 1.29. The molecule has 0 aromatic carbocycles. The van der Waals surface area contributed by atoms with Crippen molar-refractivity contribution >= 4 is 44.0 Å². The normalized spacial score (nSPS) is 19.2. The predicted molar refractivity (Wildman–Crippen MR) is 103 cm³/mol. The molecule has 25 heavy (non-hydrogen) atoms. The van der Waals surface area contributed by atoms with Crippen LogP contribution in [0.15, 0.2) is 17.8 Å². The summed E-state index contributed by atoms with van der Waals surface area (Å²) in [7, 11) is 0. The Morgan fingerprint density at radius 2 is 1.80 bits per heavy atom. The van der Waals surface area contributed by atoms with Gasteiger partial charge in [-0.3, -0.25) is 0 Å². The summed E-state index contributed by atoms with van der Waals surface area (Å²) >= 11 is 3.24. The number of nitrogens with zero attached hydrogens (tertiary/aromatic N) is 6. The molecule has 0 bridgehead atoms. The van der Waals surface area contributed by atoms with E-state index >= 15 is 0 Å². The van der Waals surface area contributed by atoms with E-state index < -0.39 is 0 Å². The molecule has 3 aromatic heterocycles. The summed E-state index contributed by atoms with van der Waals surface area (Å²) in [5, 5.41) is 4.34. The summed E-state index contributed by atoms with van der Waals surface area (Å²) in [4.78, 5) is 19.5. The van der Waals surface area contributed by atoms with Crippen LogP contribution >= 0.6 is 22.9 Å². The van der Waals surface area contributed by atoms with Gasteiger partial charge in [-0.25, -0.2) is 15.0 Å². The molecule has 2 aliphatic rings. The van der Waals surface area contributed by atoms with Crippen LogP contribution < -0.4 is 9.80 Å².